The molecule has 2 nitrogen and oxygen atoms in total. The van der Waals surface area contributed by atoms with Crippen LogP contribution in [0.1, 0.15) is 38.3 Å². The van der Waals surface area contributed by atoms with Gasteiger partial charge in [-0.25, -0.2) is 0 Å². The third kappa shape index (κ3) is 3.47. The van der Waals surface area contributed by atoms with E-state index in [1.54, 1.807) is 0 Å². The molecular weight excluding hydrogens is 244 g/mol. The fraction of sp³-hybridized carbons (Fsp3) is 0.600. The largest absolute Gasteiger partial charge is 0.326 e. The fourth-order valence-corrected chi connectivity index (χ4v) is 2.81. The Bertz CT molecular complexity index is 388. The van der Waals surface area contributed by atoms with Gasteiger partial charge in [0.25, 0.3) is 0 Å². The van der Waals surface area contributed by atoms with Gasteiger partial charge >= 0.3 is 0 Å². The van der Waals surface area contributed by atoms with Crippen LogP contribution in [0.3, 0.4) is 0 Å². The summed E-state index contributed by atoms with van der Waals surface area (Å²) in [4.78, 5) is 2.49. The van der Waals surface area contributed by atoms with Gasteiger partial charge in [-0.05, 0) is 49.9 Å². The Balaban J connectivity index is 2.19. The van der Waals surface area contributed by atoms with Crippen molar-refractivity contribution in [3.8, 4) is 0 Å². The van der Waals surface area contributed by atoms with Crippen LogP contribution in [0.5, 0.6) is 0 Å². The summed E-state index contributed by atoms with van der Waals surface area (Å²) in [7, 11) is 0. The second kappa shape index (κ2) is 6.05. The summed E-state index contributed by atoms with van der Waals surface area (Å²) < 4.78 is 0. The highest BCUT2D eigenvalue weighted by molar-refractivity contribution is 6.30. The second-order valence-corrected chi connectivity index (χ2v) is 5.83. The average Bonchev–Trinajstić information content (AvgIpc) is 3.11. The minimum atomic E-state index is 0.113. The molecule has 2 rings (SSSR count). The minimum absolute atomic E-state index is 0.113. The zero-order valence-electron chi connectivity index (χ0n) is 11.3. The van der Waals surface area contributed by atoms with Crippen molar-refractivity contribution in [1.29, 1.82) is 0 Å². The first-order chi connectivity index (χ1) is 8.61. The molecule has 1 fully saturated rings. The monoisotopic (exact) mass is 266 g/mol. The predicted octanol–water partition coefficient (Wildman–Crippen LogP) is 3.46. The van der Waals surface area contributed by atoms with Gasteiger partial charge in [0.15, 0.2) is 0 Å². The van der Waals surface area contributed by atoms with Crippen molar-refractivity contribution in [2.24, 2.45) is 11.7 Å². The summed E-state index contributed by atoms with van der Waals surface area (Å²) in [6.07, 6.45) is 2.75. The molecule has 0 aliphatic heterocycles. The Kier molecular flexibility index (Phi) is 4.66. The van der Waals surface area contributed by atoms with E-state index in [9.17, 15) is 0 Å². The van der Waals surface area contributed by atoms with Crippen molar-refractivity contribution in [3.63, 3.8) is 0 Å². The number of likely N-dealkylation sites (N-methyl/N-ethyl adjacent to an activating group) is 1. The lowest BCUT2D eigenvalue weighted by Crippen LogP contribution is -2.40. The molecule has 0 saturated heterocycles. The van der Waals surface area contributed by atoms with E-state index in [1.807, 2.05) is 18.2 Å². The summed E-state index contributed by atoms with van der Waals surface area (Å²) in [5.74, 6) is 0.880. The number of benzene rings is 1. The van der Waals surface area contributed by atoms with Crippen LogP contribution in [0.15, 0.2) is 24.3 Å². The zero-order valence-corrected chi connectivity index (χ0v) is 12.0. The van der Waals surface area contributed by atoms with Crippen LogP contribution >= 0.6 is 11.6 Å². The van der Waals surface area contributed by atoms with Gasteiger partial charge in [-0.3, -0.25) is 4.90 Å². The van der Waals surface area contributed by atoms with Gasteiger partial charge < -0.3 is 5.73 Å². The number of hydrogen-bond acceptors (Lipinski definition) is 2. The Morgan fingerprint density at radius 3 is 2.67 bits per heavy atom. The molecular formula is C15H23ClN2. The Morgan fingerprint density at radius 1 is 1.44 bits per heavy atom. The van der Waals surface area contributed by atoms with Crippen molar-refractivity contribution >= 4 is 11.6 Å². The first-order valence-corrected chi connectivity index (χ1v) is 7.24. The van der Waals surface area contributed by atoms with E-state index in [-0.39, 0.29) is 12.1 Å². The van der Waals surface area contributed by atoms with Gasteiger partial charge in [-0.2, -0.15) is 0 Å². The molecule has 2 N–H and O–H groups in total. The topological polar surface area (TPSA) is 29.3 Å². The molecule has 1 saturated carbocycles. The first-order valence-electron chi connectivity index (χ1n) is 6.87. The quantitative estimate of drug-likeness (QED) is 0.854. The molecule has 0 radical (unpaired) electrons. The fourth-order valence-electron chi connectivity index (χ4n) is 2.61. The lowest BCUT2D eigenvalue weighted by Gasteiger charge is -2.34. The summed E-state index contributed by atoms with van der Waals surface area (Å²) in [5, 5.41) is 0.792. The SMILES string of the molecule is CCN(CC1CC1)C(c1cccc(Cl)c1)C(C)N. The smallest absolute Gasteiger partial charge is 0.0496 e. The van der Waals surface area contributed by atoms with Crippen LogP contribution in [-0.4, -0.2) is 24.0 Å². The van der Waals surface area contributed by atoms with E-state index in [4.69, 9.17) is 17.3 Å². The predicted molar refractivity (Wildman–Crippen MR) is 77.8 cm³/mol. The van der Waals surface area contributed by atoms with Crippen LogP contribution in [0.25, 0.3) is 0 Å². The van der Waals surface area contributed by atoms with Crippen molar-refractivity contribution in [2.75, 3.05) is 13.1 Å². The summed E-state index contributed by atoms with van der Waals surface area (Å²) in [6, 6.07) is 8.50. The zero-order chi connectivity index (χ0) is 13.1. The molecule has 0 aromatic heterocycles. The molecule has 1 aromatic carbocycles. The average molecular weight is 267 g/mol. The highest BCUT2D eigenvalue weighted by atomic mass is 35.5. The van der Waals surface area contributed by atoms with E-state index in [0.29, 0.717) is 0 Å². The third-order valence-corrected chi connectivity index (χ3v) is 3.91. The molecule has 0 bridgehead atoms. The van der Waals surface area contributed by atoms with E-state index < -0.39 is 0 Å². The van der Waals surface area contributed by atoms with Gasteiger partial charge in [0.05, 0.1) is 0 Å². The number of hydrogen-bond donors (Lipinski definition) is 1. The highest BCUT2D eigenvalue weighted by Gasteiger charge is 2.29. The van der Waals surface area contributed by atoms with Crippen molar-refractivity contribution < 1.29 is 0 Å². The molecule has 18 heavy (non-hydrogen) atoms. The van der Waals surface area contributed by atoms with Gasteiger partial charge in [0.2, 0.25) is 0 Å². The maximum absolute atomic E-state index is 6.21. The van der Waals surface area contributed by atoms with E-state index in [1.165, 1.54) is 18.4 Å². The van der Waals surface area contributed by atoms with Gasteiger partial charge in [-0.15, -0.1) is 0 Å². The van der Waals surface area contributed by atoms with Crippen molar-refractivity contribution in [1.82, 2.24) is 4.90 Å². The molecule has 100 valence electrons. The van der Waals surface area contributed by atoms with Gasteiger partial charge in [0.1, 0.15) is 0 Å². The molecule has 0 spiro atoms. The van der Waals surface area contributed by atoms with Crippen molar-refractivity contribution in [3.05, 3.63) is 34.9 Å². The first kappa shape index (κ1) is 13.9. The number of nitrogens with zero attached hydrogens (tertiary/aromatic N) is 1. The lowest BCUT2D eigenvalue weighted by molar-refractivity contribution is 0.178. The third-order valence-electron chi connectivity index (χ3n) is 3.68. The maximum Gasteiger partial charge on any atom is 0.0496 e. The molecule has 0 amide bonds. The molecule has 1 aromatic rings. The second-order valence-electron chi connectivity index (χ2n) is 5.39. The number of halogens is 1. The van der Waals surface area contributed by atoms with E-state index in [0.717, 1.165) is 24.0 Å². The maximum atomic E-state index is 6.21. The molecule has 3 heteroatoms. The van der Waals surface area contributed by atoms with E-state index >= 15 is 0 Å². The molecule has 0 heterocycles. The van der Waals surface area contributed by atoms with Crippen LogP contribution < -0.4 is 5.73 Å². The summed E-state index contributed by atoms with van der Waals surface area (Å²) >= 11 is 6.10. The lowest BCUT2D eigenvalue weighted by atomic mass is 9.99. The summed E-state index contributed by atoms with van der Waals surface area (Å²) in [5.41, 5.74) is 7.44. The number of rotatable bonds is 6. The molecule has 2 unspecified atom stereocenters. The highest BCUT2D eigenvalue weighted by Crippen LogP contribution is 2.34. The molecule has 1 aliphatic rings. The van der Waals surface area contributed by atoms with Crippen LogP contribution in [0, 0.1) is 5.92 Å². The Labute approximate surface area is 115 Å². The number of nitrogens with two attached hydrogens (primary N) is 1. The van der Waals surface area contributed by atoms with Gasteiger partial charge in [0, 0.05) is 23.7 Å². The Morgan fingerprint density at radius 2 is 2.17 bits per heavy atom. The molecule has 2 atom stereocenters. The van der Waals surface area contributed by atoms with E-state index in [2.05, 4.69) is 24.8 Å². The minimum Gasteiger partial charge on any atom is -0.326 e. The van der Waals surface area contributed by atoms with Crippen LogP contribution in [-0.2, 0) is 0 Å². The Hall–Kier alpha value is -0.570. The van der Waals surface area contributed by atoms with Crippen LogP contribution in [0.4, 0.5) is 0 Å². The molecule has 1 aliphatic carbocycles. The summed E-state index contributed by atoms with van der Waals surface area (Å²) in [6.45, 7) is 6.49. The van der Waals surface area contributed by atoms with Crippen LogP contribution in [0.2, 0.25) is 5.02 Å². The standard InChI is InChI=1S/C15H23ClN2/c1-3-18(10-12-7-8-12)15(11(2)17)13-5-4-6-14(16)9-13/h4-6,9,11-12,15H,3,7-8,10,17H2,1-2H3. The van der Waals surface area contributed by atoms with Gasteiger partial charge in [-0.1, -0.05) is 30.7 Å². The van der Waals surface area contributed by atoms with Crippen molar-refractivity contribution in [2.45, 2.75) is 38.8 Å². The normalized spacial score (nSPS) is 18.9.